The fraction of sp³-hybridized carbons (Fsp3) is 0.240. The van der Waals surface area contributed by atoms with Crippen molar-refractivity contribution >= 4 is 29.2 Å². The summed E-state index contributed by atoms with van der Waals surface area (Å²) >= 11 is 12.7. The zero-order valence-corrected chi connectivity index (χ0v) is 18.4. The Morgan fingerprint density at radius 2 is 1.84 bits per heavy atom. The van der Waals surface area contributed by atoms with Crippen molar-refractivity contribution in [1.29, 1.82) is 0 Å². The molecule has 0 spiro atoms. The van der Waals surface area contributed by atoms with Crippen LogP contribution in [-0.2, 0) is 17.8 Å². The first kappa shape index (κ1) is 21.7. The number of benzene rings is 3. The van der Waals surface area contributed by atoms with Crippen LogP contribution in [0.15, 0.2) is 54.6 Å². The van der Waals surface area contributed by atoms with Gasteiger partial charge in [0, 0.05) is 21.2 Å². The van der Waals surface area contributed by atoms with Gasteiger partial charge < -0.3 is 9.84 Å². The van der Waals surface area contributed by atoms with Crippen LogP contribution in [0.5, 0.6) is 5.75 Å². The third-order valence-electron chi connectivity index (χ3n) is 5.79. The Balaban J connectivity index is 1.53. The van der Waals surface area contributed by atoms with E-state index < -0.39 is 5.97 Å². The molecule has 3 nitrogen and oxygen atoms in total. The fourth-order valence-electron chi connectivity index (χ4n) is 3.92. The van der Waals surface area contributed by atoms with Crippen molar-refractivity contribution in [3.8, 4) is 16.9 Å². The van der Waals surface area contributed by atoms with Gasteiger partial charge in [-0.05, 0) is 72.7 Å². The predicted molar refractivity (Wildman–Crippen MR) is 120 cm³/mol. The maximum absolute atomic E-state index is 14.6. The summed E-state index contributed by atoms with van der Waals surface area (Å²) in [6, 6.07) is 15.9. The zero-order valence-electron chi connectivity index (χ0n) is 16.9. The molecule has 4 rings (SSSR count). The molecule has 31 heavy (non-hydrogen) atoms. The zero-order chi connectivity index (χ0) is 22.1. The van der Waals surface area contributed by atoms with Crippen LogP contribution in [0.3, 0.4) is 0 Å². The van der Waals surface area contributed by atoms with E-state index in [-0.39, 0.29) is 24.3 Å². The quantitative estimate of drug-likeness (QED) is 0.416. The van der Waals surface area contributed by atoms with Crippen LogP contribution in [-0.4, -0.2) is 11.1 Å². The third kappa shape index (κ3) is 4.70. The van der Waals surface area contributed by atoms with Crippen LogP contribution in [0, 0.1) is 24.6 Å². The van der Waals surface area contributed by atoms with E-state index in [0.29, 0.717) is 45.3 Å². The van der Waals surface area contributed by atoms with Gasteiger partial charge in [0.15, 0.2) is 0 Å². The maximum Gasteiger partial charge on any atom is 0.306 e. The van der Waals surface area contributed by atoms with E-state index in [1.807, 2.05) is 31.2 Å². The normalized spacial score (nSPS) is 17.4. The number of ether oxygens (including phenoxy) is 1. The lowest BCUT2D eigenvalue weighted by molar-refractivity contribution is -0.138. The molecule has 0 aliphatic heterocycles. The molecule has 1 aliphatic rings. The number of hydrogen-bond donors (Lipinski definition) is 1. The number of hydrogen-bond acceptors (Lipinski definition) is 2. The standard InChI is InChI=1S/C25H21Cl2FO3/c1-14-18(24-21(26)6-3-7-22(24)27)8-9-23(28)20(14)13-31-17-5-2-4-15(11-17)10-16-12-19(16)25(29)30/h2-9,11,16,19H,10,12-13H2,1H3,(H,29,30)/t16-,19?/m1/s1. The van der Waals surface area contributed by atoms with Crippen LogP contribution in [0.25, 0.3) is 11.1 Å². The average Bonchev–Trinajstić information content (AvgIpc) is 3.49. The summed E-state index contributed by atoms with van der Waals surface area (Å²) in [6.45, 7) is 1.88. The maximum atomic E-state index is 14.6. The first-order valence-corrected chi connectivity index (χ1v) is 10.8. The molecule has 0 amide bonds. The van der Waals surface area contributed by atoms with Crippen molar-refractivity contribution in [3.63, 3.8) is 0 Å². The van der Waals surface area contributed by atoms with Crippen LogP contribution in [0.4, 0.5) is 4.39 Å². The molecule has 1 saturated carbocycles. The highest BCUT2D eigenvalue weighted by Crippen LogP contribution is 2.41. The molecule has 0 bridgehead atoms. The topological polar surface area (TPSA) is 46.5 Å². The number of carbonyl (C=O) groups is 1. The van der Waals surface area contributed by atoms with Gasteiger partial charge in [0.2, 0.25) is 0 Å². The van der Waals surface area contributed by atoms with Crippen molar-refractivity contribution in [2.24, 2.45) is 11.8 Å². The Labute approximate surface area is 190 Å². The van der Waals surface area contributed by atoms with Gasteiger partial charge in [-0.2, -0.15) is 0 Å². The third-order valence-corrected chi connectivity index (χ3v) is 6.42. The molecule has 160 valence electrons. The van der Waals surface area contributed by atoms with Crippen LogP contribution >= 0.6 is 23.2 Å². The molecule has 0 saturated heterocycles. The number of carboxylic acid groups (broad SMARTS) is 1. The highest BCUT2D eigenvalue weighted by molar-refractivity contribution is 6.39. The van der Waals surface area contributed by atoms with Crippen molar-refractivity contribution in [1.82, 2.24) is 0 Å². The summed E-state index contributed by atoms with van der Waals surface area (Å²) in [5.41, 5.74) is 3.60. The number of rotatable bonds is 7. The van der Waals surface area contributed by atoms with E-state index in [1.54, 1.807) is 24.3 Å². The Morgan fingerprint density at radius 1 is 1.13 bits per heavy atom. The lowest BCUT2D eigenvalue weighted by Crippen LogP contribution is -2.04. The molecule has 0 radical (unpaired) electrons. The molecule has 1 N–H and O–H groups in total. The Kier molecular flexibility index (Phi) is 6.22. The highest BCUT2D eigenvalue weighted by atomic mass is 35.5. The van der Waals surface area contributed by atoms with Crippen molar-refractivity contribution in [2.75, 3.05) is 0 Å². The minimum atomic E-state index is -0.734. The van der Waals surface area contributed by atoms with Crippen molar-refractivity contribution < 1.29 is 19.0 Å². The smallest absolute Gasteiger partial charge is 0.306 e. The van der Waals surface area contributed by atoms with Crippen molar-refractivity contribution in [2.45, 2.75) is 26.4 Å². The largest absolute Gasteiger partial charge is 0.489 e. The average molecular weight is 459 g/mol. The molecule has 6 heteroatoms. The van der Waals surface area contributed by atoms with Gasteiger partial charge in [0.05, 0.1) is 5.92 Å². The highest BCUT2D eigenvalue weighted by Gasteiger charge is 2.42. The van der Waals surface area contributed by atoms with Gasteiger partial charge in [-0.15, -0.1) is 0 Å². The lowest BCUT2D eigenvalue weighted by atomic mass is 9.96. The van der Waals surface area contributed by atoms with Gasteiger partial charge in [0.1, 0.15) is 18.2 Å². The van der Waals surface area contributed by atoms with Gasteiger partial charge in [0.25, 0.3) is 0 Å². The van der Waals surface area contributed by atoms with E-state index in [9.17, 15) is 9.18 Å². The second-order valence-electron chi connectivity index (χ2n) is 7.88. The Hall–Kier alpha value is -2.56. The molecule has 1 unspecified atom stereocenters. The van der Waals surface area contributed by atoms with Crippen LogP contribution in [0.2, 0.25) is 10.0 Å². The molecule has 0 aromatic heterocycles. The first-order chi connectivity index (χ1) is 14.8. The summed E-state index contributed by atoms with van der Waals surface area (Å²) in [4.78, 5) is 11.0. The number of carboxylic acids is 1. The number of halogens is 3. The summed E-state index contributed by atoms with van der Waals surface area (Å²) in [5, 5.41) is 10.1. The van der Waals surface area contributed by atoms with Crippen molar-refractivity contribution in [3.05, 3.63) is 87.2 Å². The monoisotopic (exact) mass is 458 g/mol. The van der Waals surface area contributed by atoms with Gasteiger partial charge in [-0.25, -0.2) is 4.39 Å². The van der Waals surface area contributed by atoms with Crippen LogP contribution in [0.1, 0.15) is 23.1 Å². The molecule has 1 fully saturated rings. The molecular weight excluding hydrogens is 438 g/mol. The van der Waals surface area contributed by atoms with E-state index >= 15 is 0 Å². The first-order valence-electron chi connectivity index (χ1n) is 10.0. The molecule has 3 aromatic carbocycles. The minimum Gasteiger partial charge on any atom is -0.489 e. The summed E-state index contributed by atoms with van der Waals surface area (Å²) < 4.78 is 20.5. The van der Waals surface area contributed by atoms with Gasteiger partial charge >= 0.3 is 5.97 Å². The molecule has 3 aromatic rings. The SMILES string of the molecule is Cc1c(-c2c(Cl)cccc2Cl)ccc(F)c1COc1cccc(C[C@@H]2CC2C(=O)O)c1. The molecule has 0 heterocycles. The lowest BCUT2D eigenvalue weighted by Gasteiger charge is -2.16. The van der Waals surface area contributed by atoms with E-state index in [2.05, 4.69) is 0 Å². The summed E-state index contributed by atoms with van der Waals surface area (Å²) in [7, 11) is 0. The van der Waals surface area contributed by atoms with Gasteiger partial charge in [-0.3, -0.25) is 4.79 Å². The minimum absolute atomic E-state index is 0.0538. The van der Waals surface area contributed by atoms with Crippen LogP contribution < -0.4 is 4.74 Å². The summed E-state index contributed by atoms with van der Waals surface area (Å²) in [5.74, 6) is -0.556. The fourth-order valence-corrected chi connectivity index (χ4v) is 4.52. The Morgan fingerprint density at radius 3 is 2.52 bits per heavy atom. The molecule has 1 aliphatic carbocycles. The predicted octanol–water partition coefficient (Wildman–Crippen LogP) is 6.95. The molecule has 2 atom stereocenters. The Bertz CT molecular complexity index is 1130. The van der Waals surface area contributed by atoms with Gasteiger partial charge in [-0.1, -0.05) is 47.5 Å². The summed E-state index contributed by atoms with van der Waals surface area (Å²) in [6.07, 6.45) is 1.41. The van der Waals surface area contributed by atoms with E-state index in [0.717, 1.165) is 11.1 Å². The van der Waals surface area contributed by atoms with E-state index in [4.69, 9.17) is 33.0 Å². The second-order valence-corrected chi connectivity index (χ2v) is 8.69. The molecular formula is C25H21Cl2FO3. The second kappa shape index (κ2) is 8.89. The van der Waals surface area contributed by atoms with E-state index in [1.165, 1.54) is 6.07 Å². The number of aliphatic carboxylic acids is 1.